The van der Waals surface area contributed by atoms with Gasteiger partial charge < -0.3 is 10.8 Å². The normalized spacial score (nSPS) is 14.4. The number of nitrogens with zero attached hydrogens (tertiary/aromatic N) is 1. The van der Waals surface area contributed by atoms with Crippen molar-refractivity contribution in [3.63, 3.8) is 0 Å². The van der Waals surface area contributed by atoms with Crippen molar-refractivity contribution in [2.45, 2.75) is 20.3 Å². The lowest BCUT2D eigenvalue weighted by Gasteiger charge is -2.32. The van der Waals surface area contributed by atoms with Gasteiger partial charge in [0.15, 0.2) is 0 Å². The Morgan fingerprint density at radius 1 is 1.35 bits per heavy atom. The fourth-order valence-electron chi connectivity index (χ4n) is 2.57. The molecular formula is C16H20N2O2. The monoisotopic (exact) mass is 272 g/mol. The Morgan fingerprint density at radius 2 is 2.05 bits per heavy atom. The van der Waals surface area contributed by atoms with Crippen molar-refractivity contribution in [1.29, 1.82) is 0 Å². The second-order valence-electron chi connectivity index (χ2n) is 5.48. The number of carbonyl (C=O) groups is 1. The molecule has 0 aliphatic carbocycles. The molecule has 0 saturated heterocycles. The number of hydrogen-bond donors (Lipinski definition) is 2. The highest BCUT2D eigenvalue weighted by atomic mass is 16.4. The van der Waals surface area contributed by atoms with Crippen molar-refractivity contribution in [2.75, 3.05) is 6.54 Å². The fraction of sp³-hybridized carbons (Fsp3) is 0.375. The summed E-state index contributed by atoms with van der Waals surface area (Å²) in [4.78, 5) is 16.0. The minimum atomic E-state index is -0.940. The maximum Gasteiger partial charge on any atom is 0.311 e. The molecule has 0 aliphatic rings. The molecule has 1 unspecified atom stereocenters. The SMILES string of the molecule is CC(C)C(CN)(Cc1ccnc2ccccc12)C(=O)O. The number of rotatable bonds is 5. The lowest BCUT2D eigenvalue weighted by atomic mass is 9.72. The lowest BCUT2D eigenvalue weighted by Crippen LogP contribution is -2.45. The van der Waals surface area contributed by atoms with E-state index in [0.717, 1.165) is 16.5 Å². The van der Waals surface area contributed by atoms with Gasteiger partial charge in [-0.25, -0.2) is 0 Å². The predicted octanol–water partition coefficient (Wildman–Crippen LogP) is 2.46. The molecule has 0 fully saturated rings. The molecule has 4 nitrogen and oxygen atoms in total. The van der Waals surface area contributed by atoms with E-state index >= 15 is 0 Å². The molecule has 3 N–H and O–H groups in total. The van der Waals surface area contributed by atoms with Crippen LogP contribution in [0.5, 0.6) is 0 Å². The number of aliphatic carboxylic acids is 1. The number of benzene rings is 1. The molecule has 0 spiro atoms. The Hall–Kier alpha value is -1.94. The van der Waals surface area contributed by atoms with Gasteiger partial charge in [0, 0.05) is 18.1 Å². The van der Waals surface area contributed by atoms with Gasteiger partial charge in [0.25, 0.3) is 0 Å². The molecule has 1 heterocycles. The van der Waals surface area contributed by atoms with Crippen molar-refractivity contribution in [2.24, 2.45) is 17.1 Å². The topological polar surface area (TPSA) is 76.2 Å². The first kappa shape index (κ1) is 14.5. The van der Waals surface area contributed by atoms with Crippen LogP contribution < -0.4 is 5.73 Å². The Labute approximate surface area is 118 Å². The minimum absolute atomic E-state index is 0.0445. The van der Waals surface area contributed by atoms with E-state index in [1.807, 2.05) is 44.2 Å². The number of aromatic nitrogens is 1. The zero-order valence-corrected chi connectivity index (χ0v) is 11.8. The molecule has 1 aromatic heterocycles. The third kappa shape index (κ3) is 2.39. The van der Waals surface area contributed by atoms with Crippen LogP contribution in [0.15, 0.2) is 36.5 Å². The van der Waals surface area contributed by atoms with Crippen molar-refractivity contribution < 1.29 is 9.90 Å². The summed E-state index contributed by atoms with van der Waals surface area (Å²) in [5, 5.41) is 10.6. The van der Waals surface area contributed by atoms with Gasteiger partial charge in [0.2, 0.25) is 0 Å². The molecule has 2 aromatic rings. The molecule has 0 radical (unpaired) electrons. The van der Waals surface area contributed by atoms with E-state index in [9.17, 15) is 9.90 Å². The first-order valence-corrected chi connectivity index (χ1v) is 6.77. The number of fused-ring (bicyclic) bond motifs is 1. The third-order valence-electron chi connectivity index (χ3n) is 4.14. The second-order valence-corrected chi connectivity index (χ2v) is 5.48. The first-order valence-electron chi connectivity index (χ1n) is 6.77. The van der Waals surface area contributed by atoms with Gasteiger partial charge in [0.1, 0.15) is 0 Å². The maximum atomic E-state index is 11.7. The highest BCUT2D eigenvalue weighted by molar-refractivity contribution is 5.83. The number of para-hydroxylation sites is 1. The Balaban J connectivity index is 2.52. The summed E-state index contributed by atoms with van der Waals surface area (Å²) in [5.74, 6) is -0.882. The lowest BCUT2D eigenvalue weighted by molar-refractivity contribution is -0.151. The van der Waals surface area contributed by atoms with Crippen molar-refractivity contribution in [3.8, 4) is 0 Å². The standard InChI is InChI=1S/C16H20N2O2/c1-11(2)16(10-17,15(19)20)9-12-7-8-18-14-6-4-3-5-13(12)14/h3-8,11H,9-10,17H2,1-2H3,(H,19,20). The van der Waals surface area contributed by atoms with Crippen LogP contribution in [0.2, 0.25) is 0 Å². The smallest absolute Gasteiger partial charge is 0.311 e. The fourth-order valence-corrected chi connectivity index (χ4v) is 2.57. The average molecular weight is 272 g/mol. The van der Waals surface area contributed by atoms with Gasteiger partial charge in [0.05, 0.1) is 10.9 Å². The molecule has 0 saturated carbocycles. The predicted molar refractivity (Wildman–Crippen MR) is 79.4 cm³/mol. The van der Waals surface area contributed by atoms with E-state index < -0.39 is 11.4 Å². The van der Waals surface area contributed by atoms with E-state index in [1.165, 1.54) is 0 Å². The zero-order valence-electron chi connectivity index (χ0n) is 11.8. The van der Waals surface area contributed by atoms with Crippen LogP contribution in [0, 0.1) is 11.3 Å². The summed E-state index contributed by atoms with van der Waals surface area (Å²) >= 11 is 0. The summed E-state index contributed by atoms with van der Waals surface area (Å²) in [6.45, 7) is 3.94. The first-order chi connectivity index (χ1) is 9.51. The van der Waals surface area contributed by atoms with E-state index in [0.29, 0.717) is 6.42 Å². The summed E-state index contributed by atoms with van der Waals surface area (Å²) in [7, 11) is 0. The quantitative estimate of drug-likeness (QED) is 0.876. The maximum absolute atomic E-state index is 11.7. The average Bonchev–Trinajstić information content (AvgIpc) is 2.44. The van der Waals surface area contributed by atoms with Crippen molar-refractivity contribution in [3.05, 3.63) is 42.1 Å². The van der Waals surface area contributed by atoms with E-state index in [1.54, 1.807) is 6.20 Å². The van der Waals surface area contributed by atoms with Crippen LogP contribution in [0.25, 0.3) is 10.9 Å². The number of nitrogens with two attached hydrogens (primary N) is 1. The van der Waals surface area contributed by atoms with Gasteiger partial charge in [-0.2, -0.15) is 0 Å². The van der Waals surface area contributed by atoms with E-state index in [-0.39, 0.29) is 12.5 Å². The summed E-state index contributed by atoms with van der Waals surface area (Å²) in [5.41, 5.74) is 6.73. The molecule has 2 rings (SSSR count). The van der Waals surface area contributed by atoms with Gasteiger partial charge in [-0.3, -0.25) is 9.78 Å². The van der Waals surface area contributed by atoms with Crippen molar-refractivity contribution in [1.82, 2.24) is 4.98 Å². The minimum Gasteiger partial charge on any atom is -0.481 e. The summed E-state index contributed by atoms with van der Waals surface area (Å²) < 4.78 is 0. The molecule has 1 aromatic carbocycles. The number of hydrogen-bond acceptors (Lipinski definition) is 3. The molecule has 0 amide bonds. The molecule has 0 aliphatic heterocycles. The van der Waals surface area contributed by atoms with Crippen LogP contribution in [-0.4, -0.2) is 22.6 Å². The van der Waals surface area contributed by atoms with E-state index in [4.69, 9.17) is 5.73 Å². The molecule has 106 valence electrons. The summed E-state index contributed by atoms with van der Waals surface area (Å²) in [6, 6.07) is 9.65. The van der Waals surface area contributed by atoms with Crippen LogP contribution in [0.3, 0.4) is 0 Å². The van der Waals surface area contributed by atoms with Crippen LogP contribution in [-0.2, 0) is 11.2 Å². The largest absolute Gasteiger partial charge is 0.481 e. The number of carboxylic acid groups (broad SMARTS) is 1. The van der Waals surface area contributed by atoms with Gasteiger partial charge >= 0.3 is 5.97 Å². The Kier molecular flexibility index (Phi) is 4.04. The van der Waals surface area contributed by atoms with Crippen molar-refractivity contribution >= 4 is 16.9 Å². The second kappa shape index (κ2) is 5.59. The molecule has 1 atom stereocenters. The van der Waals surface area contributed by atoms with Crippen LogP contribution in [0.4, 0.5) is 0 Å². The highest BCUT2D eigenvalue weighted by Crippen LogP contribution is 2.33. The van der Waals surface area contributed by atoms with Gasteiger partial charge in [-0.05, 0) is 30.0 Å². The third-order valence-corrected chi connectivity index (χ3v) is 4.14. The Morgan fingerprint density at radius 3 is 2.65 bits per heavy atom. The number of carboxylic acids is 1. The van der Waals surface area contributed by atoms with Crippen LogP contribution >= 0.6 is 0 Å². The summed E-state index contributed by atoms with van der Waals surface area (Å²) in [6.07, 6.45) is 2.14. The van der Waals surface area contributed by atoms with E-state index in [2.05, 4.69) is 4.98 Å². The van der Waals surface area contributed by atoms with Crippen LogP contribution in [0.1, 0.15) is 19.4 Å². The molecule has 20 heavy (non-hydrogen) atoms. The van der Waals surface area contributed by atoms with Gasteiger partial charge in [-0.1, -0.05) is 32.0 Å². The highest BCUT2D eigenvalue weighted by Gasteiger charge is 2.40. The molecule has 4 heteroatoms. The molecule has 0 bridgehead atoms. The number of pyridine rings is 1. The zero-order chi connectivity index (χ0) is 14.8. The van der Waals surface area contributed by atoms with Gasteiger partial charge in [-0.15, -0.1) is 0 Å². The Bertz CT molecular complexity index is 619. The molecular weight excluding hydrogens is 252 g/mol.